The van der Waals surface area contributed by atoms with Crippen molar-refractivity contribution < 1.29 is 4.48 Å². The molecule has 0 N–H and O–H groups in total. The van der Waals surface area contributed by atoms with E-state index in [1.807, 2.05) is 24.3 Å². The van der Waals surface area contributed by atoms with Gasteiger partial charge in [-0.15, -0.1) is 0 Å². The number of hydrogen-bond donors (Lipinski definition) is 0. The van der Waals surface area contributed by atoms with Crippen molar-refractivity contribution in [1.29, 1.82) is 0 Å². The summed E-state index contributed by atoms with van der Waals surface area (Å²) >= 11 is 0. The first-order valence-corrected chi connectivity index (χ1v) is 4.93. The minimum Gasteiger partial charge on any atom is -0.373 e. The normalized spacial score (nSPS) is 9.00. The van der Waals surface area contributed by atoms with Gasteiger partial charge in [0.1, 0.15) is 0 Å². The van der Waals surface area contributed by atoms with Crippen LogP contribution in [0.3, 0.4) is 0 Å². The lowest BCUT2D eigenvalue weighted by Crippen LogP contribution is -2.48. The van der Waals surface area contributed by atoms with Gasteiger partial charge in [-0.1, -0.05) is 26.3 Å². The summed E-state index contributed by atoms with van der Waals surface area (Å²) in [7, 11) is 0. The Bertz CT molecular complexity index is 217. The molecule has 0 radical (unpaired) electrons. The second kappa shape index (κ2) is 11.3. The van der Waals surface area contributed by atoms with Crippen LogP contribution < -0.4 is 0 Å². The molecule has 0 saturated heterocycles. The number of quaternary nitrogens is 1. The van der Waals surface area contributed by atoms with Gasteiger partial charge in [0.05, 0.1) is 26.2 Å². The van der Waals surface area contributed by atoms with Crippen molar-refractivity contribution in [2.45, 2.75) is 0 Å². The Balaban J connectivity index is 0. The molecule has 0 spiro atoms. The third-order valence-corrected chi connectivity index (χ3v) is 2.07. The minimum absolute atomic E-state index is 0.903. The molecule has 4 heteroatoms. The maximum atomic E-state index is 6.75. The average molecular weight is 220 g/mol. The Labute approximate surface area is 97.9 Å². The average Bonchev–Trinajstić information content (AvgIpc) is 2.20. The molecule has 0 atom stereocenters. The maximum absolute atomic E-state index is 6.75. The molecule has 0 saturated carbocycles. The minimum atomic E-state index is 0.903. The van der Waals surface area contributed by atoms with E-state index in [1.54, 1.807) is 0 Å². The molecule has 16 heavy (non-hydrogen) atoms. The first-order chi connectivity index (χ1) is 7.66. The van der Waals surface area contributed by atoms with E-state index < -0.39 is 0 Å². The zero-order chi connectivity index (χ0) is 12.9. The molecule has 0 aliphatic rings. The molecule has 0 unspecified atom stereocenters. The van der Waals surface area contributed by atoms with Crippen LogP contribution in [0.5, 0.6) is 0 Å². The van der Waals surface area contributed by atoms with Gasteiger partial charge in [0, 0.05) is 0 Å². The van der Waals surface area contributed by atoms with Crippen LogP contribution in [-0.2, 0) is 0 Å². The molecule has 0 aromatic rings. The van der Waals surface area contributed by atoms with Crippen molar-refractivity contribution in [3.05, 3.63) is 66.6 Å². The number of hydrogen-bond acceptors (Lipinski definition) is 0. The van der Waals surface area contributed by atoms with E-state index in [2.05, 4.69) is 26.3 Å². The SMILES string of the molecule is C=CC[N+](CC=C)(CC=C)CC=C.[N-]=[N+]=[N-]. The lowest BCUT2D eigenvalue weighted by atomic mass is 10.3. The fraction of sp³-hybridized carbons (Fsp3) is 0.333. The van der Waals surface area contributed by atoms with Crippen LogP contribution in [-0.4, -0.2) is 30.7 Å². The highest BCUT2D eigenvalue weighted by atomic mass is 15.3. The summed E-state index contributed by atoms with van der Waals surface area (Å²) < 4.78 is 0.903. The van der Waals surface area contributed by atoms with Crippen molar-refractivity contribution in [3.63, 3.8) is 0 Å². The van der Waals surface area contributed by atoms with Crippen LogP contribution in [0, 0.1) is 0 Å². The highest BCUT2D eigenvalue weighted by Gasteiger charge is 2.20. The largest absolute Gasteiger partial charge is 0.373 e. The molecule has 0 fully saturated rings. The molecule has 88 valence electrons. The molecule has 0 rings (SSSR count). The van der Waals surface area contributed by atoms with Gasteiger partial charge in [0.2, 0.25) is 0 Å². The monoisotopic (exact) mass is 220 g/mol. The molecule has 0 heterocycles. The molecule has 4 nitrogen and oxygen atoms in total. The van der Waals surface area contributed by atoms with Gasteiger partial charge >= 0.3 is 0 Å². The highest BCUT2D eigenvalue weighted by Crippen LogP contribution is 2.07. The lowest BCUT2D eigenvalue weighted by molar-refractivity contribution is -0.906. The fourth-order valence-corrected chi connectivity index (χ4v) is 1.54. The van der Waals surface area contributed by atoms with Crippen LogP contribution in [0.2, 0.25) is 0 Å². The topological polar surface area (TPSA) is 58.7 Å². The van der Waals surface area contributed by atoms with Crippen molar-refractivity contribution in [2.75, 3.05) is 26.2 Å². The van der Waals surface area contributed by atoms with Crippen molar-refractivity contribution in [3.8, 4) is 0 Å². The smallest absolute Gasteiger partial charge is 0.0978 e. The summed E-state index contributed by atoms with van der Waals surface area (Å²) in [5.41, 5.74) is 13.5. The Hall–Kier alpha value is -1.77. The molecule has 0 aromatic carbocycles. The highest BCUT2D eigenvalue weighted by molar-refractivity contribution is 4.79. The summed E-state index contributed by atoms with van der Waals surface area (Å²) in [4.78, 5) is 1.50. The summed E-state index contributed by atoms with van der Waals surface area (Å²) in [5.74, 6) is 0. The van der Waals surface area contributed by atoms with Gasteiger partial charge in [-0.05, 0) is 24.3 Å². The standard InChI is InChI=1S/C12H20N.N3/c1-5-9-13(10-6-2,11-7-3)12-8-4;1-3-2/h5-8H,1-4,9-12H2;/q+1;-1. The van der Waals surface area contributed by atoms with Gasteiger partial charge in [-0.3, -0.25) is 4.91 Å². The Kier molecular flexibility index (Phi) is 11.8. The summed E-state index contributed by atoms with van der Waals surface area (Å²) in [6.07, 6.45) is 7.76. The van der Waals surface area contributed by atoms with Crippen molar-refractivity contribution in [2.24, 2.45) is 0 Å². The fourth-order valence-electron chi connectivity index (χ4n) is 1.54. The van der Waals surface area contributed by atoms with Crippen molar-refractivity contribution in [1.82, 2.24) is 0 Å². The van der Waals surface area contributed by atoms with Crippen LogP contribution in [0.4, 0.5) is 0 Å². The van der Waals surface area contributed by atoms with Gasteiger partial charge in [-0.25, -0.2) is 0 Å². The van der Waals surface area contributed by atoms with Crippen LogP contribution in [0.25, 0.3) is 16.0 Å². The zero-order valence-electron chi connectivity index (χ0n) is 9.76. The maximum Gasteiger partial charge on any atom is 0.0978 e. The number of nitrogens with zero attached hydrogens (tertiary/aromatic N) is 4. The molecular weight excluding hydrogens is 200 g/mol. The second-order valence-corrected chi connectivity index (χ2v) is 3.32. The van der Waals surface area contributed by atoms with Crippen molar-refractivity contribution >= 4 is 0 Å². The Morgan fingerprint density at radius 1 is 0.750 bits per heavy atom. The first-order valence-electron chi connectivity index (χ1n) is 4.93. The summed E-state index contributed by atoms with van der Waals surface area (Å²) in [6, 6.07) is 0. The zero-order valence-corrected chi connectivity index (χ0v) is 9.76. The predicted molar refractivity (Wildman–Crippen MR) is 70.6 cm³/mol. The Morgan fingerprint density at radius 3 is 1.06 bits per heavy atom. The van der Waals surface area contributed by atoms with E-state index in [1.165, 1.54) is 4.91 Å². The molecular formula is C12H20N4. The van der Waals surface area contributed by atoms with Gasteiger partial charge in [0.15, 0.2) is 0 Å². The molecule has 0 aliphatic heterocycles. The van der Waals surface area contributed by atoms with E-state index >= 15 is 0 Å². The van der Waals surface area contributed by atoms with E-state index in [9.17, 15) is 0 Å². The van der Waals surface area contributed by atoms with E-state index in [0.29, 0.717) is 0 Å². The summed E-state index contributed by atoms with van der Waals surface area (Å²) in [5, 5.41) is 0. The first kappa shape index (κ1) is 16.7. The number of rotatable bonds is 8. The third kappa shape index (κ3) is 7.62. The van der Waals surface area contributed by atoms with Gasteiger partial charge in [0.25, 0.3) is 0 Å². The van der Waals surface area contributed by atoms with E-state index in [-0.39, 0.29) is 0 Å². The van der Waals surface area contributed by atoms with Crippen LogP contribution in [0.1, 0.15) is 0 Å². The summed E-state index contributed by atoms with van der Waals surface area (Å²) in [6.45, 7) is 18.8. The lowest BCUT2D eigenvalue weighted by Gasteiger charge is -2.35. The van der Waals surface area contributed by atoms with Crippen LogP contribution >= 0.6 is 0 Å². The molecule has 0 aliphatic carbocycles. The van der Waals surface area contributed by atoms with E-state index in [0.717, 1.165) is 30.7 Å². The van der Waals surface area contributed by atoms with Crippen LogP contribution in [0.15, 0.2) is 50.6 Å². The third-order valence-electron chi connectivity index (χ3n) is 2.07. The van der Waals surface area contributed by atoms with Gasteiger partial charge in [-0.2, -0.15) is 0 Å². The quantitative estimate of drug-likeness (QED) is 0.198. The molecule has 0 amide bonds. The molecule has 0 bridgehead atoms. The second-order valence-electron chi connectivity index (χ2n) is 3.32. The molecule has 0 aromatic heterocycles. The van der Waals surface area contributed by atoms with Gasteiger partial charge < -0.3 is 15.5 Å². The Morgan fingerprint density at radius 2 is 0.938 bits per heavy atom. The van der Waals surface area contributed by atoms with E-state index in [4.69, 9.17) is 11.1 Å². The predicted octanol–water partition coefficient (Wildman–Crippen LogP) is 3.41.